The molecule has 2 aliphatic heterocycles. The van der Waals surface area contributed by atoms with Gasteiger partial charge in [0.1, 0.15) is 0 Å². The first kappa shape index (κ1) is 22.6. The highest BCUT2D eigenvalue weighted by Crippen LogP contribution is 2.33. The second-order valence-electron chi connectivity index (χ2n) is 9.76. The van der Waals surface area contributed by atoms with E-state index in [0.29, 0.717) is 18.4 Å². The van der Waals surface area contributed by atoms with E-state index in [1.165, 1.54) is 42.5 Å². The number of benzene rings is 1. The minimum atomic E-state index is -0.652. The monoisotopic (exact) mass is 428 g/mol. The Hall–Kier alpha value is -1.63. The summed E-state index contributed by atoms with van der Waals surface area (Å²) in [4.78, 5) is 18.6. The molecule has 0 unspecified atom stereocenters. The number of hydrogen-bond acceptors (Lipinski definition) is 5. The largest absolute Gasteiger partial charge is 0.481 e. The Morgan fingerprint density at radius 3 is 2.55 bits per heavy atom. The minimum absolute atomic E-state index is 0.329. The molecule has 1 aromatic rings. The summed E-state index contributed by atoms with van der Waals surface area (Å²) in [6.07, 6.45) is 9.39. The molecule has 3 N–H and O–H groups in total. The molecule has 6 nitrogen and oxygen atoms in total. The molecule has 1 aromatic carbocycles. The van der Waals surface area contributed by atoms with E-state index in [4.69, 9.17) is 10.8 Å². The van der Waals surface area contributed by atoms with E-state index in [0.717, 1.165) is 71.6 Å². The summed E-state index contributed by atoms with van der Waals surface area (Å²) in [5.74, 6) is -0.0404. The van der Waals surface area contributed by atoms with Crippen LogP contribution in [0.3, 0.4) is 0 Å². The van der Waals surface area contributed by atoms with Crippen molar-refractivity contribution in [1.82, 2.24) is 9.80 Å². The van der Waals surface area contributed by atoms with Crippen LogP contribution in [0.4, 0.5) is 5.69 Å². The molecule has 31 heavy (non-hydrogen) atoms. The SMILES string of the molecule is NCCCN1CCc2ccc(N3CCN(C4CCC(CCC(=O)O)CC4)C3)cc2CC1. The third-order valence-corrected chi connectivity index (χ3v) is 7.74. The third-order valence-electron chi connectivity index (χ3n) is 7.74. The maximum atomic E-state index is 10.8. The van der Waals surface area contributed by atoms with Gasteiger partial charge in [0.25, 0.3) is 0 Å². The zero-order valence-corrected chi connectivity index (χ0v) is 19.0. The summed E-state index contributed by atoms with van der Waals surface area (Å²) in [5.41, 5.74) is 10.1. The molecule has 0 aromatic heterocycles. The second-order valence-corrected chi connectivity index (χ2v) is 9.76. The summed E-state index contributed by atoms with van der Waals surface area (Å²) in [5, 5.41) is 8.92. The first-order chi connectivity index (χ1) is 15.1. The van der Waals surface area contributed by atoms with Crippen LogP contribution in [0, 0.1) is 5.92 Å². The van der Waals surface area contributed by atoms with Gasteiger partial charge in [-0.1, -0.05) is 6.07 Å². The molecule has 0 amide bonds. The summed E-state index contributed by atoms with van der Waals surface area (Å²) in [7, 11) is 0. The van der Waals surface area contributed by atoms with Gasteiger partial charge in [-0.05, 0) is 93.6 Å². The van der Waals surface area contributed by atoms with Crippen LogP contribution in [0.2, 0.25) is 0 Å². The molecule has 172 valence electrons. The Labute approximate surface area is 187 Å². The number of rotatable bonds is 8. The molecule has 6 heteroatoms. The van der Waals surface area contributed by atoms with Crippen molar-refractivity contribution in [1.29, 1.82) is 0 Å². The highest BCUT2D eigenvalue weighted by molar-refractivity contribution is 5.66. The van der Waals surface area contributed by atoms with Gasteiger partial charge in [0.05, 0.1) is 6.67 Å². The highest BCUT2D eigenvalue weighted by atomic mass is 16.4. The van der Waals surface area contributed by atoms with Crippen LogP contribution in [0.15, 0.2) is 18.2 Å². The number of aliphatic carboxylic acids is 1. The van der Waals surface area contributed by atoms with Gasteiger partial charge >= 0.3 is 5.97 Å². The van der Waals surface area contributed by atoms with Crippen LogP contribution >= 0.6 is 0 Å². The Morgan fingerprint density at radius 2 is 1.81 bits per heavy atom. The normalized spacial score (nSPS) is 25.4. The van der Waals surface area contributed by atoms with Crippen molar-refractivity contribution in [3.05, 3.63) is 29.3 Å². The van der Waals surface area contributed by atoms with Crippen LogP contribution in [-0.4, -0.2) is 72.9 Å². The number of anilines is 1. The molecule has 0 bridgehead atoms. The predicted octanol–water partition coefficient (Wildman–Crippen LogP) is 2.94. The molecule has 1 aliphatic carbocycles. The van der Waals surface area contributed by atoms with Crippen LogP contribution < -0.4 is 10.6 Å². The molecule has 2 heterocycles. The van der Waals surface area contributed by atoms with E-state index in [2.05, 4.69) is 32.9 Å². The van der Waals surface area contributed by atoms with E-state index >= 15 is 0 Å². The van der Waals surface area contributed by atoms with Crippen molar-refractivity contribution in [2.24, 2.45) is 11.7 Å². The van der Waals surface area contributed by atoms with Gasteiger partial charge < -0.3 is 20.6 Å². The van der Waals surface area contributed by atoms with Crippen molar-refractivity contribution in [2.75, 3.05) is 50.8 Å². The average Bonchev–Trinajstić information content (AvgIpc) is 3.19. The maximum absolute atomic E-state index is 10.8. The number of carboxylic acid groups (broad SMARTS) is 1. The van der Waals surface area contributed by atoms with E-state index < -0.39 is 5.97 Å². The van der Waals surface area contributed by atoms with Crippen LogP contribution in [0.1, 0.15) is 56.1 Å². The summed E-state index contributed by atoms with van der Waals surface area (Å²) < 4.78 is 0. The lowest BCUT2D eigenvalue weighted by atomic mass is 9.83. The van der Waals surface area contributed by atoms with Crippen LogP contribution in [0.25, 0.3) is 0 Å². The number of nitrogens with zero attached hydrogens (tertiary/aromatic N) is 3. The second kappa shape index (κ2) is 10.8. The number of carbonyl (C=O) groups is 1. The summed E-state index contributed by atoms with van der Waals surface area (Å²) in [6, 6.07) is 7.82. The van der Waals surface area contributed by atoms with Crippen molar-refractivity contribution in [3.8, 4) is 0 Å². The van der Waals surface area contributed by atoms with Gasteiger partial charge in [0, 0.05) is 44.3 Å². The molecular formula is C25H40N4O2. The van der Waals surface area contributed by atoms with E-state index in [9.17, 15) is 4.79 Å². The molecular weight excluding hydrogens is 388 g/mol. The molecule has 0 atom stereocenters. The van der Waals surface area contributed by atoms with Crippen molar-refractivity contribution < 1.29 is 9.90 Å². The Morgan fingerprint density at radius 1 is 1.03 bits per heavy atom. The third kappa shape index (κ3) is 5.99. The maximum Gasteiger partial charge on any atom is 0.303 e. The Kier molecular flexibility index (Phi) is 7.86. The van der Waals surface area contributed by atoms with Crippen LogP contribution in [-0.2, 0) is 17.6 Å². The smallest absolute Gasteiger partial charge is 0.303 e. The van der Waals surface area contributed by atoms with E-state index in [-0.39, 0.29) is 0 Å². The molecule has 2 fully saturated rings. The quantitative estimate of drug-likeness (QED) is 0.663. The zero-order chi connectivity index (χ0) is 21.6. The van der Waals surface area contributed by atoms with E-state index in [1.54, 1.807) is 0 Å². The highest BCUT2D eigenvalue weighted by Gasteiger charge is 2.30. The van der Waals surface area contributed by atoms with Gasteiger partial charge in [0.2, 0.25) is 0 Å². The Balaban J connectivity index is 1.28. The van der Waals surface area contributed by atoms with Crippen molar-refractivity contribution in [3.63, 3.8) is 0 Å². The fourth-order valence-electron chi connectivity index (χ4n) is 5.74. The molecule has 3 aliphatic rings. The summed E-state index contributed by atoms with van der Waals surface area (Å²) in [6.45, 7) is 7.49. The van der Waals surface area contributed by atoms with Crippen molar-refractivity contribution in [2.45, 2.75) is 63.8 Å². The van der Waals surface area contributed by atoms with Gasteiger partial charge in [-0.2, -0.15) is 0 Å². The predicted molar refractivity (Wildman–Crippen MR) is 125 cm³/mol. The number of carboxylic acids is 1. The molecule has 0 radical (unpaired) electrons. The van der Waals surface area contributed by atoms with Crippen molar-refractivity contribution >= 4 is 11.7 Å². The molecule has 0 spiro atoms. The first-order valence-corrected chi connectivity index (χ1v) is 12.4. The lowest BCUT2D eigenvalue weighted by Crippen LogP contribution is -2.37. The topological polar surface area (TPSA) is 73.0 Å². The van der Waals surface area contributed by atoms with Gasteiger partial charge in [-0.15, -0.1) is 0 Å². The fraction of sp³-hybridized carbons (Fsp3) is 0.720. The van der Waals surface area contributed by atoms with Gasteiger partial charge in [-0.25, -0.2) is 0 Å². The molecule has 4 rings (SSSR count). The zero-order valence-electron chi connectivity index (χ0n) is 19.0. The first-order valence-electron chi connectivity index (χ1n) is 12.4. The average molecular weight is 429 g/mol. The fourth-order valence-corrected chi connectivity index (χ4v) is 5.74. The minimum Gasteiger partial charge on any atom is -0.481 e. The number of fused-ring (bicyclic) bond motifs is 1. The summed E-state index contributed by atoms with van der Waals surface area (Å²) >= 11 is 0. The number of hydrogen-bond donors (Lipinski definition) is 2. The van der Waals surface area contributed by atoms with Crippen LogP contribution in [0.5, 0.6) is 0 Å². The molecule has 1 saturated heterocycles. The Bertz CT molecular complexity index is 732. The standard InChI is InChI=1S/C25H40N4O2/c26-12-1-13-27-14-10-21-5-8-24(18-22(21)11-15-27)29-17-16-28(19-29)23-6-2-20(3-7-23)4-9-25(30)31/h5,8,18,20,23H,1-4,6-7,9-17,19,26H2,(H,30,31). The lowest BCUT2D eigenvalue weighted by Gasteiger charge is -2.34. The van der Waals surface area contributed by atoms with Gasteiger partial charge in [0.15, 0.2) is 0 Å². The lowest BCUT2D eigenvalue weighted by molar-refractivity contribution is -0.137. The van der Waals surface area contributed by atoms with E-state index in [1.807, 2.05) is 0 Å². The number of nitrogens with two attached hydrogens (primary N) is 1. The molecule has 1 saturated carbocycles. The van der Waals surface area contributed by atoms with Gasteiger partial charge in [-0.3, -0.25) is 9.69 Å².